The van der Waals surface area contributed by atoms with Crippen molar-refractivity contribution in [1.82, 2.24) is 35.6 Å². The van der Waals surface area contributed by atoms with Crippen molar-refractivity contribution >= 4 is 35.0 Å². The maximum absolute atomic E-state index is 14.2. The smallest absolute Gasteiger partial charge is 0.417 e. The van der Waals surface area contributed by atoms with Gasteiger partial charge < -0.3 is 35.4 Å². The molecule has 386 valence electrons. The number of aromatic nitrogens is 1. The molecule has 15 nitrogen and oxygen atoms in total. The van der Waals surface area contributed by atoms with E-state index in [-0.39, 0.29) is 55.6 Å². The number of carbonyl (C=O) groups is 4. The highest BCUT2D eigenvalue weighted by atomic mass is 32.1. The van der Waals surface area contributed by atoms with E-state index in [0.29, 0.717) is 50.6 Å². The van der Waals surface area contributed by atoms with E-state index < -0.39 is 63.7 Å². The van der Waals surface area contributed by atoms with Crippen LogP contribution in [0, 0.1) is 34.5 Å². The molecule has 7 rings (SSSR count). The van der Waals surface area contributed by atoms with Crippen molar-refractivity contribution in [3.63, 3.8) is 0 Å². The molecule has 3 heterocycles. The summed E-state index contributed by atoms with van der Waals surface area (Å²) < 4.78 is 53.0. The van der Waals surface area contributed by atoms with Gasteiger partial charge in [0, 0.05) is 74.7 Å². The first kappa shape index (κ1) is 53.7. The van der Waals surface area contributed by atoms with Crippen LogP contribution in [0.1, 0.15) is 87.6 Å². The molecule has 2 saturated heterocycles. The molecule has 4 aromatic rings. The molecule has 4 amide bonds. The van der Waals surface area contributed by atoms with E-state index >= 15 is 0 Å². The van der Waals surface area contributed by atoms with Crippen molar-refractivity contribution < 1.29 is 46.9 Å². The highest BCUT2D eigenvalue weighted by molar-refractivity contribution is 7.13. The minimum atomic E-state index is -4.72. The molecular weight excluding hydrogens is 950 g/mol. The predicted octanol–water partition coefficient (Wildman–Crippen LogP) is 6.43. The third-order valence-corrected chi connectivity index (χ3v) is 15.1. The molecule has 72 heavy (non-hydrogen) atoms. The zero-order valence-electron chi connectivity index (χ0n) is 42.1. The van der Waals surface area contributed by atoms with E-state index in [0.717, 1.165) is 33.8 Å². The second-order valence-electron chi connectivity index (χ2n) is 21.3. The number of amides is 4. The zero-order chi connectivity index (χ0) is 52.3. The number of halogens is 3. The number of benzene rings is 3. The fraction of sp³-hybridized carbons (Fsp3) is 0.509. The van der Waals surface area contributed by atoms with Gasteiger partial charge in [-0.15, -0.1) is 11.3 Å². The largest absolute Gasteiger partial charge is 0.492 e. The Morgan fingerprint density at radius 3 is 2.17 bits per heavy atom. The number of hydrogen-bond acceptors (Lipinski definition) is 12. The van der Waals surface area contributed by atoms with Crippen LogP contribution in [0.4, 0.5) is 13.2 Å². The van der Waals surface area contributed by atoms with Gasteiger partial charge in [-0.1, -0.05) is 72.7 Å². The fourth-order valence-electron chi connectivity index (χ4n) is 10.4. The molecule has 0 spiro atoms. The van der Waals surface area contributed by atoms with E-state index in [1.807, 2.05) is 90.1 Å². The van der Waals surface area contributed by atoms with Crippen molar-refractivity contribution in [1.29, 1.82) is 5.26 Å². The van der Waals surface area contributed by atoms with Crippen LogP contribution in [0.2, 0.25) is 0 Å². The maximum atomic E-state index is 14.2. The molecule has 3 aromatic carbocycles. The minimum absolute atomic E-state index is 0.00572. The van der Waals surface area contributed by atoms with E-state index in [4.69, 9.17) is 9.47 Å². The second kappa shape index (κ2) is 21.6. The number of nitrogens with one attached hydrogen (secondary N) is 3. The van der Waals surface area contributed by atoms with E-state index in [1.165, 1.54) is 11.0 Å². The summed E-state index contributed by atoms with van der Waals surface area (Å²) in [5, 5.41) is 28.8. The van der Waals surface area contributed by atoms with Crippen LogP contribution in [0.5, 0.6) is 11.5 Å². The summed E-state index contributed by atoms with van der Waals surface area (Å²) >= 11 is 1.57. The van der Waals surface area contributed by atoms with Crippen LogP contribution in [0.25, 0.3) is 10.4 Å². The third-order valence-electron chi connectivity index (χ3n) is 14.1. The summed E-state index contributed by atoms with van der Waals surface area (Å²) in [7, 11) is 0. The number of β-amino-alcohol motifs (C(OH)–C–C–N with tert-alkyl or cyclic N) is 1. The number of carbonyl (C=O) groups excluding carboxylic acids is 4. The van der Waals surface area contributed by atoms with Crippen LogP contribution in [-0.4, -0.2) is 131 Å². The quantitative estimate of drug-likeness (QED) is 0.0969. The number of alkyl halides is 3. The Hall–Kier alpha value is -6.07. The van der Waals surface area contributed by atoms with Crippen molar-refractivity contribution in [2.45, 2.75) is 105 Å². The fourth-order valence-corrected chi connectivity index (χ4v) is 11.2. The van der Waals surface area contributed by atoms with Crippen molar-refractivity contribution in [2.24, 2.45) is 16.2 Å². The van der Waals surface area contributed by atoms with Gasteiger partial charge in [0.25, 0.3) is 5.91 Å². The molecule has 1 aliphatic carbocycles. The van der Waals surface area contributed by atoms with E-state index in [1.54, 1.807) is 41.7 Å². The van der Waals surface area contributed by atoms with Crippen LogP contribution in [-0.2, 0) is 27.1 Å². The summed E-state index contributed by atoms with van der Waals surface area (Å²) in [5.41, 5.74) is 1.58. The molecule has 19 heteroatoms. The predicted molar refractivity (Wildman–Crippen MR) is 266 cm³/mol. The normalized spacial score (nSPS) is 21.5. The number of piperazine rings is 1. The number of nitriles is 1. The molecule has 0 unspecified atom stereocenters. The lowest BCUT2D eigenvalue weighted by Crippen LogP contribution is -2.74. The van der Waals surface area contributed by atoms with Crippen LogP contribution in [0.15, 0.2) is 72.2 Å². The molecule has 2 aliphatic heterocycles. The minimum Gasteiger partial charge on any atom is -0.492 e. The van der Waals surface area contributed by atoms with Gasteiger partial charge >= 0.3 is 6.18 Å². The lowest BCUT2D eigenvalue weighted by atomic mass is 9.49. The lowest BCUT2D eigenvalue weighted by Gasteiger charge is -2.63. The van der Waals surface area contributed by atoms with Crippen LogP contribution >= 0.6 is 11.3 Å². The monoisotopic (exact) mass is 1010 g/mol. The molecule has 3 aliphatic rings. The van der Waals surface area contributed by atoms with Gasteiger partial charge in [-0.25, -0.2) is 4.98 Å². The summed E-state index contributed by atoms with van der Waals surface area (Å²) in [6.45, 7) is 19.1. The highest BCUT2D eigenvalue weighted by Crippen LogP contribution is 2.56. The first-order chi connectivity index (χ1) is 33.9. The SMILES string of the molecule is Cc1ncsc1-c1ccc(CNC(=O)[C@@H]2C[C@@H](O)CN2C(=O)[C@@H](NC(=O)CN2CCN(CCOc3ccc(C(=O)NC4C(C)(C)C(Oc5ccc(C#N)c(C(F)(F)F)c5)C4(C)C)cc3)CC2)C(C)(C)C)cc1. The number of rotatable bonds is 16. The van der Waals surface area contributed by atoms with Gasteiger partial charge in [0.05, 0.1) is 45.9 Å². The topological polar surface area (TPSA) is 189 Å². The Morgan fingerprint density at radius 2 is 1.57 bits per heavy atom. The number of thiazole rings is 1. The van der Waals surface area contributed by atoms with Gasteiger partial charge in [0.2, 0.25) is 17.7 Å². The standard InChI is InChI=1S/C53H65F3N8O7S/c1-32-43(72-31-59-32)34-11-9-33(10-12-34)28-58-46(68)41-25-37(65)29-64(41)47(69)44(50(2,3)4)60-42(66)30-63-21-19-62(20-22-63)23-24-70-38-16-13-35(14-17-38)45(67)61-48-51(5,6)49(52(48,7)8)71-39-18-15-36(27-57)40(26-39)53(54,55)56/h9-18,26,31,37,41,44,48-49,65H,19-25,28-30H2,1-8H3,(H,58,68)(H,60,66)(H,61,67)/t37-,41+,44-,48?,49?/m1/s1. The molecule has 1 saturated carbocycles. The van der Waals surface area contributed by atoms with Gasteiger partial charge in [-0.3, -0.25) is 29.0 Å². The molecule has 3 fully saturated rings. The van der Waals surface area contributed by atoms with Crippen molar-refractivity contribution in [3.05, 3.63) is 100 Å². The number of likely N-dealkylation sites (tertiary alicyclic amines) is 1. The van der Waals surface area contributed by atoms with Crippen molar-refractivity contribution in [3.8, 4) is 28.0 Å². The molecule has 3 atom stereocenters. The average Bonchev–Trinajstić information content (AvgIpc) is 3.95. The molecule has 4 N–H and O–H groups in total. The summed E-state index contributed by atoms with van der Waals surface area (Å²) in [6.07, 6.45) is -6.04. The van der Waals surface area contributed by atoms with Crippen LogP contribution in [0.3, 0.4) is 0 Å². The Morgan fingerprint density at radius 1 is 0.931 bits per heavy atom. The Labute approximate surface area is 423 Å². The lowest BCUT2D eigenvalue weighted by molar-refractivity contribution is -0.164. The first-order valence-corrected chi connectivity index (χ1v) is 25.1. The number of aliphatic hydroxyl groups is 1. The maximum Gasteiger partial charge on any atom is 0.417 e. The number of hydrogen-bond donors (Lipinski definition) is 4. The van der Waals surface area contributed by atoms with Crippen LogP contribution < -0.4 is 25.4 Å². The molecule has 0 radical (unpaired) electrons. The number of aryl methyl sites for hydroxylation is 1. The summed E-state index contributed by atoms with van der Waals surface area (Å²) in [4.78, 5) is 65.7. The highest BCUT2D eigenvalue weighted by Gasteiger charge is 2.64. The Kier molecular flexibility index (Phi) is 16.1. The van der Waals surface area contributed by atoms with Gasteiger partial charge in [-0.05, 0) is 65.9 Å². The average molecular weight is 1020 g/mol. The first-order valence-electron chi connectivity index (χ1n) is 24.2. The zero-order valence-corrected chi connectivity index (χ0v) is 42.9. The number of aliphatic hydroxyl groups excluding tert-OH is 1. The van der Waals surface area contributed by atoms with E-state index in [9.17, 15) is 42.7 Å². The molecular formula is C53H65F3N8O7S. The third kappa shape index (κ3) is 12.2. The Balaban J connectivity index is 0.829. The second-order valence-corrected chi connectivity index (χ2v) is 22.2. The number of ether oxygens (including phenoxy) is 2. The van der Waals surface area contributed by atoms with Gasteiger partial charge in [-0.2, -0.15) is 18.4 Å². The Bertz CT molecular complexity index is 2620. The summed E-state index contributed by atoms with van der Waals surface area (Å²) in [5.74, 6) is -0.823. The molecule has 1 aromatic heterocycles. The number of nitrogens with zero attached hydrogens (tertiary/aromatic N) is 5. The molecule has 0 bridgehead atoms. The summed E-state index contributed by atoms with van der Waals surface area (Å²) in [6, 6.07) is 17.3. The van der Waals surface area contributed by atoms with Gasteiger partial charge in [0.15, 0.2) is 0 Å². The van der Waals surface area contributed by atoms with Crippen molar-refractivity contribution in [2.75, 3.05) is 52.4 Å². The van der Waals surface area contributed by atoms with E-state index in [2.05, 4.69) is 25.8 Å². The van der Waals surface area contributed by atoms with Gasteiger partial charge in [0.1, 0.15) is 36.3 Å².